The zero-order valence-electron chi connectivity index (χ0n) is 10.9. The van der Waals surface area contributed by atoms with E-state index in [9.17, 15) is 0 Å². The summed E-state index contributed by atoms with van der Waals surface area (Å²) in [6.45, 7) is 0. The SMILES string of the molecule is COc1ccc(Cc2nnc(CCCl)o2)cc1OC. The van der Waals surface area contributed by atoms with Crippen molar-refractivity contribution in [3.63, 3.8) is 0 Å². The van der Waals surface area contributed by atoms with Crippen molar-refractivity contribution in [1.82, 2.24) is 10.2 Å². The number of rotatable bonds is 6. The van der Waals surface area contributed by atoms with Crippen molar-refractivity contribution in [1.29, 1.82) is 0 Å². The van der Waals surface area contributed by atoms with Gasteiger partial charge in [0, 0.05) is 12.3 Å². The average Bonchev–Trinajstić information content (AvgIpc) is 2.86. The second kappa shape index (κ2) is 6.43. The fraction of sp³-hybridized carbons (Fsp3) is 0.385. The first-order chi connectivity index (χ1) is 9.26. The topological polar surface area (TPSA) is 57.4 Å². The molecule has 0 aliphatic carbocycles. The number of nitrogens with zero attached hydrogens (tertiary/aromatic N) is 2. The number of benzene rings is 1. The molecule has 0 amide bonds. The highest BCUT2D eigenvalue weighted by Gasteiger charge is 2.09. The van der Waals surface area contributed by atoms with Crippen LogP contribution in [0.5, 0.6) is 11.5 Å². The van der Waals surface area contributed by atoms with E-state index in [1.165, 1.54) is 0 Å². The van der Waals surface area contributed by atoms with Crippen LogP contribution in [0.4, 0.5) is 0 Å². The first-order valence-corrected chi connectivity index (χ1v) is 6.38. The van der Waals surface area contributed by atoms with Crippen LogP contribution in [0.15, 0.2) is 22.6 Å². The summed E-state index contributed by atoms with van der Waals surface area (Å²) in [5.41, 5.74) is 1.01. The first kappa shape index (κ1) is 13.7. The van der Waals surface area contributed by atoms with Gasteiger partial charge in [-0.3, -0.25) is 0 Å². The van der Waals surface area contributed by atoms with Gasteiger partial charge in [-0.25, -0.2) is 0 Å². The number of alkyl halides is 1. The molecule has 0 unspecified atom stereocenters. The molecule has 0 N–H and O–H groups in total. The Bertz CT molecular complexity index is 542. The highest BCUT2D eigenvalue weighted by molar-refractivity contribution is 6.17. The maximum absolute atomic E-state index is 5.62. The van der Waals surface area contributed by atoms with Crippen LogP contribution in [0.3, 0.4) is 0 Å². The minimum Gasteiger partial charge on any atom is -0.493 e. The lowest BCUT2D eigenvalue weighted by Gasteiger charge is -2.08. The van der Waals surface area contributed by atoms with Gasteiger partial charge < -0.3 is 13.9 Å². The lowest BCUT2D eigenvalue weighted by molar-refractivity contribution is 0.354. The van der Waals surface area contributed by atoms with Gasteiger partial charge in [-0.1, -0.05) is 6.07 Å². The standard InChI is InChI=1S/C13H15ClN2O3/c1-17-10-4-3-9(7-11(10)18-2)8-13-16-15-12(19-13)5-6-14/h3-4,7H,5-6,8H2,1-2H3. The molecular formula is C13H15ClN2O3. The molecule has 0 bridgehead atoms. The fourth-order valence-electron chi connectivity index (χ4n) is 1.71. The maximum Gasteiger partial charge on any atom is 0.220 e. The molecule has 102 valence electrons. The molecule has 2 aromatic rings. The van der Waals surface area contributed by atoms with Gasteiger partial charge in [0.15, 0.2) is 11.5 Å². The molecule has 0 fully saturated rings. The number of hydrogen-bond acceptors (Lipinski definition) is 5. The predicted molar refractivity (Wildman–Crippen MR) is 71.1 cm³/mol. The molecule has 0 aliphatic rings. The number of halogens is 1. The fourth-order valence-corrected chi connectivity index (χ4v) is 1.87. The van der Waals surface area contributed by atoms with Crippen LogP contribution in [-0.4, -0.2) is 30.3 Å². The predicted octanol–water partition coefficient (Wildman–Crippen LogP) is 2.46. The number of ether oxygens (including phenoxy) is 2. The summed E-state index contributed by atoms with van der Waals surface area (Å²) in [4.78, 5) is 0. The summed E-state index contributed by atoms with van der Waals surface area (Å²) in [6.07, 6.45) is 1.14. The first-order valence-electron chi connectivity index (χ1n) is 5.85. The molecule has 0 atom stereocenters. The highest BCUT2D eigenvalue weighted by atomic mass is 35.5. The van der Waals surface area contributed by atoms with E-state index in [-0.39, 0.29) is 0 Å². The van der Waals surface area contributed by atoms with Crippen LogP contribution in [0.2, 0.25) is 0 Å². The Kier molecular flexibility index (Phi) is 4.63. The van der Waals surface area contributed by atoms with Crippen molar-refractivity contribution in [3.05, 3.63) is 35.5 Å². The van der Waals surface area contributed by atoms with Gasteiger partial charge in [-0.15, -0.1) is 21.8 Å². The third-order valence-corrected chi connectivity index (χ3v) is 2.81. The van der Waals surface area contributed by atoms with E-state index in [2.05, 4.69) is 10.2 Å². The molecule has 1 aromatic heterocycles. The molecule has 19 heavy (non-hydrogen) atoms. The largest absolute Gasteiger partial charge is 0.493 e. The van der Waals surface area contributed by atoms with E-state index in [0.29, 0.717) is 42.0 Å². The van der Waals surface area contributed by atoms with Crippen molar-refractivity contribution < 1.29 is 13.9 Å². The number of aryl methyl sites for hydroxylation is 1. The van der Waals surface area contributed by atoms with Crippen LogP contribution in [0, 0.1) is 0 Å². The van der Waals surface area contributed by atoms with E-state index in [0.717, 1.165) is 5.56 Å². The Hall–Kier alpha value is -1.75. The molecule has 5 nitrogen and oxygen atoms in total. The minimum atomic E-state index is 0.470. The quantitative estimate of drug-likeness (QED) is 0.762. The van der Waals surface area contributed by atoms with Gasteiger partial charge in [-0.2, -0.15) is 0 Å². The van der Waals surface area contributed by atoms with E-state index < -0.39 is 0 Å². The van der Waals surface area contributed by atoms with Crippen molar-refractivity contribution in [2.75, 3.05) is 20.1 Å². The lowest BCUT2D eigenvalue weighted by atomic mass is 10.1. The van der Waals surface area contributed by atoms with Gasteiger partial charge in [0.2, 0.25) is 11.8 Å². The van der Waals surface area contributed by atoms with Crippen molar-refractivity contribution in [3.8, 4) is 11.5 Å². The van der Waals surface area contributed by atoms with Crippen molar-refractivity contribution in [2.45, 2.75) is 12.8 Å². The van der Waals surface area contributed by atoms with Gasteiger partial charge >= 0.3 is 0 Å². The molecular weight excluding hydrogens is 268 g/mol. The van der Waals surface area contributed by atoms with Gasteiger partial charge in [0.25, 0.3) is 0 Å². The van der Waals surface area contributed by atoms with Crippen LogP contribution in [0.1, 0.15) is 17.3 Å². The molecule has 0 radical (unpaired) electrons. The monoisotopic (exact) mass is 282 g/mol. The zero-order chi connectivity index (χ0) is 13.7. The second-order valence-corrected chi connectivity index (χ2v) is 4.27. The van der Waals surface area contributed by atoms with Crippen LogP contribution in [0.25, 0.3) is 0 Å². The molecule has 0 saturated heterocycles. The molecule has 0 spiro atoms. The lowest BCUT2D eigenvalue weighted by Crippen LogP contribution is -1.94. The Labute approximate surface area is 116 Å². The molecule has 0 saturated carbocycles. The third kappa shape index (κ3) is 3.38. The van der Waals surface area contributed by atoms with E-state index >= 15 is 0 Å². The molecule has 2 rings (SSSR count). The van der Waals surface area contributed by atoms with E-state index in [1.807, 2.05) is 18.2 Å². The summed E-state index contributed by atoms with van der Waals surface area (Å²) >= 11 is 5.62. The molecule has 1 heterocycles. The third-order valence-electron chi connectivity index (χ3n) is 2.62. The maximum atomic E-state index is 5.62. The zero-order valence-corrected chi connectivity index (χ0v) is 11.6. The van der Waals surface area contributed by atoms with Gasteiger partial charge in [-0.05, 0) is 17.7 Å². The summed E-state index contributed by atoms with van der Waals surface area (Å²) in [6, 6.07) is 5.68. The number of aromatic nitrogens is 2. The normalized spacial score (nSPS) is 10.5. The average molecular weight is 283 g/mol. The molecule has 6 heteroatoms. The van der Waals surface area contributed by atoms with Crippen LogP contribution in [-0.2, 0) is 12.8 Å². The van der Waals surface area contributed by atoms with Gasteiger partial charge in [0.05, 0.1) is 20.6 Å². The summed E-state index contributed by atoms with van der Waals surface area (Å²) < 4.78 is 15.9. The minimum absolute atomic E-state index is 0.470. The smallest absolute Gasteiger partial charge is 0.220 e. The Morgan fingerprint density at radius 3 is 2.53 bits per heavy atom. The summed E-state index contributed by atoms with van der Waals surface area (Å²) in [7, 11) is 3.21. The molecule has 1 aromatic carbocycles. The Balaban J connectivity index is 2.13. The van der Waals surface area contributed by atoms with Crippen LogP contribution >= 0.6 is 11.6 Å². The molecule has 0 aliphatic heterocycles. The van der Waals surface area contributed by atoms with E-state index in [4.69, 9.17) is 25.5 Å². The highest BCUT2D eigenvalue weighted by Crippen LogP contribution is 2.28. The Morgan fingerprint density at radius 1 is 1.11 bits per heavy atom. The number of hydrogen-bond donors (Lipinski definition) is 0. The summed E-state index contributed by atoms with van der Waals surface area (Å²) in [5, 5.41) is 7.90. The second-order valence-electron chi connectivity index (χ2n) is 3.89. The van der Waals surface area contributed by atoms with Crippen LogP contribution < -0.4 is 9.47 Å². The van der Waals surface area contributed by atoms with Crippen molar-refractivity contribution in [2.24, 2.45) is 0 Å². The van der Waals surface area contributed by atoms with Crippen molar-refractivity contribution >= 4 is 11.6 Å². The Morgan fingerprint density at radius 2 is 1.84 bits per heavy atom. The summed E-state index contributed by atoms with van der Waals surface area (Å²) in [5.74, 6) is 2.97. The van der Waals surface area contributed by atoms with Gasteiger partial charge in [0.1, 0.15) is 0 Å². The van der Waals surface area contributed by atoms with E-state index in [1.54, 1.807) is 14.2 Å². The number of methoxy groups -OCH3 is 2.